The Bertz CT molecular complexity index is 534. The summed E-state index contributed by atoms with van der Waals surface area (Å²) < 4.78 is 11.5. The van der Waals surface area contributed by atoms with E-state index >= 15 is 0 Å². The van der Waals surface area contributed by atoms with E-state index in [0.717, 1.165) is 62.9 Å². The average molecular weight is 381 g/mol. The van der Waals surface area contributed by atoms with Crippen LogP contribution in [0, 0.1) is 0 Å². The monoisotopic (exact) mass is 380 g/mol. The number of aliphatic hydroxyl groups excluding tert-OH is 1. The standard InChI is InChI=1S/C20H32N2O3S/c1-21(18-6-10-24-11-7-18)14-17-4-2-3-5-20(17)25-16-19(23)15-22-8-12-26-13-9-22/h2-5,18-19,23H,6-16H2,1H3. The highest BCUT2D eigenvalue weighted by Crippen LogP contribution is 2.23. The van der Waals surface area contributed by atoms with Crippen LogP contribution in [0.3, 0.4) is 0 Å². The lowest BCUT2D eigenvalue weighted by Gasteiger charge is -2.31. The third-order valence-corrected chi connectivity index (χ3v) is 6.15. The lowest BCUT2D eigenvalue weighted by Crippen LogP contribution is -2.40. The molecule has 146 valence electrons. The third-order valence-electron chi connectivity index (χ3n) is 5.21. The fourth-order valence-corrected chi connectivity index (χ4v) is 4.60. The van der Waals surface area contributed by atoms with Gasteiger partial charge in [0, 0.05) is 62.5 Å². The Morgan fingerprint density at radius 2 is 2.00 bits per heavy atom. The summed E-state index contributed by atoms with van der Waals surface area (Å²) in [5, 5.41) is 10.3. The molecule has 6 heteroatoms. The van der Waals surface area contributed by atoms with Crippen LogP contribution in [0.25, 0.3) is 0 Å². The van der Waals surface area contributed by atoms with E-state index in [9.17, 15) is 5.11 Å². The molecular formula is C20H32N2O3S. The topological polar surface area (TPSA) is 45.2 Å². The maximum atomic E-state index is 10.3. The van der Waals surface area contributed by atoms with Crippen molar-refractivity contribution in [3.8, 4) is 5.75 Å². The number of rotatable bonds is 8. The summed E-state index contributed by atoms with van der Waals surface area (Å²) in [6.45, 7) is 5.75. The van der Waals surface area contributed by atoms with Gasteiger partial charge >= 0.3 is 0 Å². The van der Waals surface area contributed by atoms with Gasteiger partial charge in [0.1, 0.15) is 18.5 Å². The second-order valence-corrected chi connectivity index (χ2v) is 8.47. The smallest absolute Gasteiger partial charge is 0.123 e. The molecule has 1 aromatic rings. The second kappa shape index (κ2) is 10.5. The molecule has 0 amide bonds. The van der Waals surface area contributed by atoms with Gasteiger partial charge in [0.05, 0.1) is 0 Å². The van der Waals surface area contributed by atoms with Crippen molar-refractivity contribution in [1.29, 1.82) is 0 Å². The lowest BCUT2D eigenvalue weighted by atomic mass is 10.1. The largest absolute Gasteiger partial charge is 0.491 e. The van der Waals surface area contributed by atoms with Crippen molar-refractivity contribution in [3.63, 3.8) is 0 Å². The average Bonchev–Trinajstić information content (AvgIpc) is 2.69. The Labute approximate surface area is 161 Å². The van der Waals surface area contributed by atoms with Gasteiger partial charge in [-0.05, 0) is 26.0 Å². The first-order chi connectivity index (χ1) is 12.7. The molecule has 3 rings (SSSR count). The zero-order valence-corrected chi connectivity index (χ0v) is 16.6. The number of nitrogens with zero attached hydrogens (tertiary/aromatic N) is 2. The normalized spacial score (nSPS) is 21.0. The van der Waals surface area contributed by atoms with E-state index in [1.807, 2.05) is 23.9 Å². The number of hydrogen-bond acceptors (Lipinski definition) is 6. The van der Waals surface area contributed by atoms with Gasteiger partial charge in [-0.15, -0.1) is 0 Å². The highest BCUT2D eigenvalue weighted by Gasteiger charge is 2.20. The van der Waals surface area contributed by atoms with E-state index in [4.69, 9.17) is 9.47 Å². The zero-order chi connectivity index (χ0) is 18.2. The molecule has 2 aliphatic rings. The van der Waals surface area contributed by atoms with Gasteiger partial charge in [0.25, 0.3) is 0 Å². The predicted octanol–water partition coefficient (Wildman–Crippen LogP) is 2.09. The van der Waals surface area contributed by atoms with Crippen molar-refractivity contribution in [3.05, 3.63) is 29.8 Å². The summed E-state index contributed by atoms with van der Waals surface area (Å²) in [5.74, 6) is 3.21. The van der Waals surface area contributed by atoms with Crippen LogP contribution in [0.2, 0.25) is 0 Å². The number of thioether (sulfide) groups is 1. The second-order valence-electron chi connectivity index (χ2n) is 7.24. The maximum absolute atomic E-state index is 10.3. The summed E-state index contributed by atoms with van der Waals surface area (Å²) >= 11 is 1.99. The van der Waals surface area contributed by atoms with E-state index in [2.05, 4.69) is 29.0 Å². The van der Waals surface area contributed by atoms with Gasteiger partial charge in [0.15, 0.2) is 0 Å². The minimum Gasteiger partial charge on any atom is -0.491 e. The molecule has 2 aliphatic heterocycles. The van der Waals surface area contributed by atoms with Gasteiger partial charge in [-0.25, -0.2) is 0 Å². The number of hydrogen-bond donors (Lipinski definition) is 1. The van der Waals surface area contributed by atoms with Crippen LogP contribution in [-0.4, -0.2) is 85.1 Å². The zero-order valence-electron chi connectivity index (χ0n) is 15.8. The van der Waals surface area contributed by atoms with Crippen LogP contribution in [0.15, 0.2) is 24.3 Å². The molecule has 1 N–H and O–H groups in total. The Hall–Kier alpha value is -0.790. The molecule has 0 spiro atoms. The summed E-state index contributed by atoms with van der Waals surface area (Å²) in [6, 6.07) is 8.76. The van der Waals surface area contributed by atoms with Crippen LogP contribution < -0.4 is 4.74 Å². The molecule has 0 aliphatic carbocycles. The number of ether oxygens (including phenoxy) is 2. The molecule has 26 heavy (non-hydrogen) atoms. The van der Waals surface area contributed by atoms with Crippen LogP contribution in [0.1, 0.15) is 18.4 Å². The number of para-hydroxylation sites is 1. The Morgan fingerprint density at radius 1 is 1.27 bits per heavy atom. The third kappa shape index (κ3) is 6.13. The molecule has 1 aromatic carbocycles. The fraction of sp³-hybridized carbons (Fsp3) is 0.700. The van der Waals surface area contributed by atoms with E-state index < -0.39 is 6.10 Å². The van der Waals surface area contributed by atoms with Gasteiger partial charge in [-0.3, -0.25) is 9.80 Å². The molecule has 1 unspecified atom stereocenters. The summed E-state index contributed by atoms with van der Waals surface area (Å²) in [5.41, 5.74) is 1.18. The van der Waals surface area contributed by atoms with Crippen molar-refractivity contribution in [2.75, 3.05) is 58.0 Å². The fourth-order valence-electron chi connectivity index (χ4n) is 3.62. The Kier molecular flexibility index (Phi) is 8.08. The van der Waals surface area contributed by atoms with Gasteiger partial charge < -0.3 is 14.6 Å². The number of benzene rings is 1. The Morgan fingerprint density at radius 3 is 2.77 bits per heavy atom. The first-order valence-electron chi connectivity index (χ1n) is 9.69. The van der Waals surface area contributed by atoms with Crippen LogP contribution in [-0.2, 0) is 11.3 Å². The summed E-state index contributed by atoms with van der Waals surface area (Å²) in [7, 11) is 2.18. The van der Waals surface area contributed by atoms with Gasteiger partial charge in [0.2, 0.25) is 0 Å². The predicted molar refractivity (Wildman–Crippen MR) is 107 cm³/mol. The van der Waals surface area contributed by atoms with Gasteiger partial charge in [-0.1, -0.05) is 18.2 Å². The van der Waals surface area contributed by atoms with Crippen LogP contribution in [0.5, 0.6) is 5.75 Å². The van der Waals surface area contributed by atoms with E-state index in [0.29, 0.717) is 19.2 Å². The van der Waals surface area contributed by atoms with Crippen molar-refractivity contribution < 1.29 is 14.6 Å². The van der Waals surface area contributed by atoms with Crippen LogP contribution in [0.4, 0.5) is 0 Å². The number of aliphatic hydroxyl groups is 1. The highest BCUT2D eigenvalue weighted by molar-refractivity contribution is 7.99. The summed E-state index contributed by atoms with van der Waals surface area (Å²) in [4.78, 5) is 4.72. The molecule has 0 saturated carbocycles. The first-order valence-corrected chi connectivity index (χ1v) is 10.8. The van der Waals surface area contributed by atoms with Crippen molar-refractivity contribution in [1.82, 2.24) is 9.80 Å². The molecule has 2 saturated heterocycles. The molecule has 0 aromatic heterocycles. The SMILES string of the molecule is CN(Cc1ccccc1OCC(O)CN1CCSCC1)C1CCOCC1. The molecule has 5 nitrogen and oxygen atoms in total. The minimum absolute atomic E-state index is 0.349. The minimum atomic E-state index is -0.445. The van der Waals surface area contributed by atoms with E-state index in [-0.39, 0.29) is 0 Å². The van der Waals surface area contributed by atoms with Gasteiger partial charge in [-0.2, -0.15) is 11.8 Å². The number of β-amino-alcohol motifs (C(OH)–C–C–N with tert-alkyl or cyclic N) is 1. The molecule has 0 radical (unpaired) electrons. The van der Waals surface area contributed by atoms with E-state index in [1.54, 1.807) is 0 Å². The van der Waals surface area contributed by atoms with Crippen molar-refractivity contribution in [2.24, 2.45) is 0 Å². The van der Waals surface area contributed by atoms with E-state index in [1.165, 1.54) is 5.56 Å². The lowest BCUT2D eigenvalue weighted by molar-refractivity contribution is 0.0399. The maximum Gasteiger partial charge on any atom is 0.123 e. The Balaban J connectivity index is 1.49. The first kappa shape index (κ1) is 20.0. The highest BCUT2D eigenvalue weighted by atomic mass is 32.2. The molecule has 0 bridgehead atoms. The molecule has 1 atom stereocenters. The van der Waals surface area contributed by atoms with Crippen LogP contribution >= 0.6 is 11.8 Å². The van der Waals surface area contributed by atoms with Crippen molar-refractivity contribution in [2.45, 2.75) is 31.5 Å². The van der Waals surface area contributed by atoms with Crippen molar-refractivity contribution >= 4 is 11.8 Å². The molecule has 2 heterocycles. The quantitative estimate of drug-likeness (QED) is 0.745. The molecular weight excluding hydrogens is 348 g/mol. The summed E-state index contributed by atoms with van der Waals surface area (Å²) in [6.07, 6.45) is 1.73. The molecule has 2 fully saturated rings.